The van der Waals surface area contributed by atoms with Crippen molar-refractivity contribution in [2.24, 2.45) is 0 Å². The van der Waals surface area contributed by atoms with Crippen molar-refractivity contribution in [3.8, 4) is 6.07 Å². The lowest BCUT2D eigenvalue weighted by molar-refractivity contribution is -0.117. The van der Waals surface area contributed by atoms with Crippen LogP contribution in [0, 0.1) is 18.3 Å². The summed E-state index contributed by atoms with van der Waals surface area (Å²) in [5.74, 6) is -0.0917. The highest BCUT2D eigenvalue weighted by molar-refractivity contribution is 5.92. The molecular weight excluding hydrogens is 214 g/mol. The molecule has 1 aromatic carbocycles. The van der Waals surface area contributed by atoms with Gasteiger partial charge in [-0.25, -0.2) is 0 Å². The Morgan fingerprint density at radius 2 is 2.06 bits per heavy atom. The molecule has 1 N–H and O–H groups in total. The second-order valence-corrected chi connectivity index (χ2v) is 3.88. The Balaban J connectivity index is 2.49. The Morgan fingerprint density at radius 1 is 1.41 bits per heavy atom. The maximum Gasteiger partial charge on any atom is 0.238 e. The molecule has 1 aromatic rings. The quantitative estimate of drug-likeness (QED) is 0.786. The highest BCUT2D eigenvalue weighted by Crippen LogP contribution is 2.08. The Kier molecular flexibility index (Phi) is 5.18. The molecule has 0 aliphatic carbocycles. The molecule has 17 heavy (non-hydrogen) atoms. The molecule has 0 aliphatic rings. The summed E-state index contributed by atoms with van der Waals surface area (Å²) in [5.41, 5.74) is 1.94. The molecule has 0 unspecified atom stereocenters. The summed E-state index contributed by atoms with van der Waals surface area (Å²) in [6, 6.07) is 9.67. The zero-order valence-corrected chi connectivity index (χ0v) is 10.2. The Labute approximate surface area is 102 Å². The fraction of sp³-hybridized carbons (Fsp3) is 0.385. The first-order valence-corrected chi connectivity index (χ1v) is 5.61. The third kappa shape index (κ3) is 4.66. The van der Waals surface area contributed by atoms with Crippen LogP contribution in [0.2, 0.25) is 0 Å². The van der Waals surface area contributed by atoms with E-state index >= 15 is 0 Å². The summed E-state index contributed by atoms with van der Waals surface area (Å²) in [5, 5.41) is 11.4. The van der Waals surface area contributed by atoms with Crippen molar-refractivity contribution in [1.82, 2.24) is 4.90 Å². The highest BCUT2D eigenvalue weighted by Gasteiger charge is 2.08. The number of benzene rings is 1. The molecule has 1 rings (SSSR count). The summed E-state index contributed by atoms with van der Waals surface area (Å²) in [6.45, 7) is 5.14. The number of rotatable bonds is 5. The average Bonchev–Trinajstić information content (AvgIpc) is 2.31. The second-order valence-electron chi connectivity index (χ2n) is 3.88. The molecule has 0 aliphatic heterocycles. The topological polar surface area (TPSA) is 56.1 Å². The van der Waals surface area contributed by atoms with E-state index in [9.17, 15) is 4.79 Å². The third-order valence-corrected chi connectivity index (χ3v) is 2.44. The van der Waals surface area contributed by atoms with Gasteiger partial charge in [-0.05, 0) is 25.6 Å². The molecule has 0 bridgehead atoms. The van der Waals surface area contributed by atoms with E-state index in [1.54, 1.807) is 4.90 Å². The van der Waals surface area contributed by atoms with Crippen LogP contribution in [-0.4, -0.2) is 30.4 Å². The first-order valence-electron chi connectivity index (χ1n) is 5.61. The smallest absolute Gasteiger partial charge is 0.238 e. The summed E-state index contributed by atoms with van der Waals surface area (Å²) in [6.07, 6.45) is 0. The van der Waals surface area contributed by atoms with E-state index in [1.807, 2.05) is 44.2 Å². The first-order chi connectivity index (χ1) is 8.15. The number of hydrogen-bond donors (Lipinski definition) is 1. The van der Waals surface area contributed by atoms with Gasteiger partial charge in [-0.3, -0.25) is 9.69 Å². The van der Waals surface area contributed by atoms with Gasteiger partial charge in [0, 0.05) is 5.69 Å². The standard InChI is InChI=1S/C13H17N3O/c1-3-16(9-8-14)10-13(17)15-12-6-4-11(2)5-7-12/h4-7H,3,9-10H2,1-2H3,(H,15,17). The van der Waals surface area contributed by atoms with E-state index in [1.165, 1.54) is 0 Å². The maximum atomic E-state index is 11.7. The summed E-state index contributed by atoms with van der Waals surface area (Å²) < 4.78 is 0. The van der Waals surface area contributed by atoms with Crippen LogP contribution in [-0.2, 0) is 4.79 Å². The fourth-order valence-corrected chi connectivity index (χ4v) is 1.42. The number of nitrogens with zero attached hydrogens (tertiary/aromatic N) is 2. The van der Waals surface area contributed by atoms with Gasteiger partial charge in [-0.15, -0.1) is 0 Å². The van der Waals surface area contributed by atoms with Crippen LogP contribution >= 0.6 is 0 Å². The van der Waals surface area contributed by atoms with Crippen LogP contribution in [0.4, 0.5) is 5.69 Å². The Morgan fingerprint density at radius 3 is 2.59 bits per heavy atom. The SMILES string of the molecule is CCN(CC#N)CC(=O)Nc1ccc(C)cc1. The zero-order valence-electron chi connectivity index (χ0n) is 10.2. The lowest BCUT2D eigenvalue weighted by Gasteiger charge is -2.15. The highest BCUT2D eigenvalue weighted by atomic mass is 16.2. The van der Waals surface area contributed by atoms with Crippen molar-refractivity contribution in [1.29, 1.82) is 5.26 Å². The third-order valence-electron chi connectivity index (χ3n) is 2.44. The molecule has 0 spiro atoms. The lowest BCUT2D eigenvalue weighted by Crippen LogP contribution is -2.33. The van der Waals surface area contributed by atoms with Crippen molar-refractivity contribution in [2.75, 3.05) is 25.0 Å². The van der Waals surface area contributed by atoms with Crippen LogP contribution in [0.5, 0.6) is 0 Å². The van der Waals surface area contributed by atoms with Gasteiger partial charge in [0.1, 0.15) is 0 Å². The second kappa shape index (κ2) is 6.66. The number of carbonyl (C=O) groups is 1. The van der Waals surface area contributed by atoms with Crippen LogP contribution in [0.3, 0.4) is 0 Å². The van der Waals surface area contributed by atoms with Gasteiger partial charge in [-0.2, -0.15) is 5.26 Å². The van der Waals surface area contributed by atoms with Gasteiger partial charge in [0.2, 0.25) is 5.91 Å². The van der Waals surface area contributed by atoms with Crippen molar-refractivity contribution >= 4 is 11.6 Å². The van der Waals surface area contributed by atoms with E-state index < -0.39 is 0 Å². The molecule has 4 heteroatoms. The molecule has 0 atom stereocenters. The number of carbonyl (C=O) groups excluding carboxylic acids is 1. The number of amides is 1. The van der Waals surface area contributed by atoms with E-state index in [0.29, 0.717) is 6.54 Å². The monoisotopic (exact) mass is 231 g/mol. The number of nitrogens with one attached hydrogen (secondary N) is 1. The van der Waals surface area contributed by atoms with Crippen molar-refractivity contribution in [3.63, 3.8) is 0 Å². The lowest BCUT2D eigenvalue weighted by atomic mass is 10.2. The number of likely N-dealkylation sites (N-methyl/N-ethyl adjacent to an activating group) is 1. The molecular formula is C13H17N3O. The number of hydrogen-bond acceptors (Lipinski definition) is 3. The zero-order chi connectivity index (χ0) is 12.7. The van der Waals surface area contributed by atoms with Crippen molar-refractivity contribution in [2.45, 2.75) is 13.8 Å². The molecule has 0 radical (unpaired) electrons. The molecule has 0 saturated carbocycles. The minimum Gasteiger partial charge on any atom is -0.325 e. The van der Waals surface area contributed by atoms with Gasteiger partial charge in [0.15, 0.2) is 0 Å². The molecule has 90 valence electrons. The molecule has 4 nitrogen and oxygen atoms in total. The molecule has 0 aromatic heterocycles. The van der Waals surface area contributed by atoms with Gasteiger partial charge < -0.3 is 5.32 Å². The fourth-order valence-electron chi connectivity index (χ4n) is 1.42. The molecule has 0 saturated heterocycles. The van der Waals surface area contributed by atoms with E-state index in [-0.39, 0.29) is 19.0 Å². The first kappa shape index (κ1) is 13.2. The average molecular weight is 231 g/mol. The number of aryl methyl sites for hydroxylation is 1. The minimum absolute atomic E-state index is 0.0917. The van der Waals surface area contributed by atoms with Crippen molar-refractivity contribution in [3.05, 3.63) is 29.8 Å². The van der Waals surface area contributed by atoms with Crippen molar-refractivity contribution < 1.29 is 4.79 Å². The van der Waals surface area contributed by atoms with Gasteiger partial charge in [-0.1, -0.05) is 24.6 Å². The van der Waals surface area contributed by atoms with Gasteiger partial charge >= 0.3 is 0 Å². The van der Waals surface area contributed by atoms with Crippen LogP contribution in [0.15, 0.2) is 24.3 Å². The maximum absolute atomic E-state index is 11.7. The van der Waals surface area contributed by atoms with Crippen LogP contribution in [0.1, 0.15) is 12.5 Å². The van der Waals surface area contributed by atoms with Gasteiger partial charge in [0.25, 0.3) is 0 Å². The van der Waals surface area contributed by atoms with Gasteiger partial charge in [0.05, 0.1) is 19.2 Å². The summed E-state index contributed by atoms with van der Waals surface area (Å²) in [7, 11) is 0. The summed E-state index contributed by atoms with van der Waals surface area (Å²) >= 11 is 0. The molecule has 0 heterocycles. The predicted octanol–water partition coefficient (Wildman–Crippen LogP) is 1.78. The largest absolute Gasteiger partial charge is 0.325 e. The molecule has 1 amide bonds. The van der Waals surface area contributed by atoms with Crippen LogP contribution < -0.4 is 5.32 Å². The summed E-state index contributed by atoms with van der Waals surface area (Å²) in [4.78, 5) is 13.5. The number of nitriles is 1. The Bertz CT molecular complexity index is 406. The predicted molar refractivity (Wildman–Crippen MR) is 67.5 cm³/mol. The Hall–Kier alpha value is -1.86. The van der Waals surface area contributed by atoms with E-state index in [0.717, 1.165) is 11.3 Å². The number of anilines is 1. The normalized spacial score (nSPS) is 10.0. The minimum atomic E-state index is -0.0917. The van der Waals surface area contributed by atoms with E-state index in [2.05, 4.69) is 5.32 Å². The molecule has 0 fully saturated rings. The van der Waals surface area contributed by atoms with E-state index in [4.69, 9.17) is 5.26 Å². The van der Waals surface area contributed by atoms with Crippen LogP contribution in [0.25, 0.3) is 0 Å².